The van der Waals surface area contributed by atoms with Crippen molar-refractivity contribution in [3.8, 4) is 5.75 Å². The zero-order valence-electron chi connectivity index (χ0n) is 20.3. The van der Waals surface area contributed by atoms with E-state index in [2.05, 4.69) is 5.32 Å². The second-order valence-electron chi connectivity index (χ2n) is 8.62. The van der Waals surface area contributed by atoms with Gasteiger partial charge in [0, 0.05) is 0 Å². The number of rotatable bonds is 8. The molecule has 0 saturated heterocycles. The largest absolute Gasteiger partial charge is 0.496 e. The van der Waals surface area contributed by atoms with Gasteiger partial charge in [-0.05, 0) is 73.7 Å². The number of alkyl halides is 3. The van der Waals surface area contributed by atoms with E-state index in [1.807, 2.05) is 32.9 Å². The zero-order chi connectivity index (χ0) is 26.0. The molecule has 2 atom stereocenters. The average Bonchev–Trinajstić information content (AvgIpc) is 2.71. The first-order valence-electron chi connectivity index (χ1n) is 10.7. The Hall–Kier alpha value is -2.75. The second-order valence-corrected chi connectivity index (χ2v) is 10.5. The summed E-state index contributed by atoms with van der Waals surface area (Å²) >= 11 is 0. The van der Waals surface area contributed by atoms with Crippen molar-refractivity contribution in [3.05, 3.63) is 58.7 Å². The van der Waals surface area contributed by atoms with Gasteiger partial charge in [0.25, 0.3) is 0 Å². The number of hydrogen-bond donors (Lipinski definition) is 1. The summed E-state index contributed by atoms with van der Waals surface area (Å²) in [4.78, 5) is 13.1. The maximum Gasteiger partial charge on any atom is 0.416 e. The van der Waals surface area contributed by atoms with Crippen molar-refractivity contribution >= 4 is 21.6 Å². The first-order valence-corrected chi connectivity index (χ1v) is 12.6. The minimum Gasteiger partial charge on any atom is -0.496 e. The topological polar surface area (TPSA) is 75.7 Å². The monoisotopic (exact) mass is 500 g/mol. The number of carbonyl (C=O) groups excluding carboxylic acids is 1. The molecule has 34 heavy (non-hydrogen) atoms. The molecule has 0 aliphatic rings. The van der Waals surface area contributed by atoms with Gasteiger partial charge in [0.15, 0.2) is 0 Å². The quantitative estimate of drug-likeness (QED) is 0.542. The fourth-order valence-corrected chi connectivity index (χ4v) is 5.02. The van der Waals surface area contributed by atoms with Crippen LogP contribution in [0.1, 0.15) is 61.9 Å². The van der Waals surface area contributed by atoms with Crippen LogP contribution in [-0.4, -0.2) is 33.7 Å². The lowest BCUT2D eigenvalue weighted by molar-refractivity contribution is -0.137. The molecule has 0 radical (unpaired) electrons. The van der Waals surface area contributed by atoms with Gasteiger partial charge in [-0.25, -0.2) is 8.42 Å². The van der Waals surface area contributed by atoms with E-state index in [0.717, 1.165) is 46.9 Å². The lowest BCUT2D eigenvalue weighted by Crippen LogP contribution is -2.48. The molecule has 0 fully saturated rings. The molecule has 0 aliphatic carbocycles. The van der Waals surface area contributed by atoms with Gasteiger partial charge < -0.3 is 10.1 Å². The summed E-state index contributed by atoms with van der Waals surface area (Å²) in [6.45, 7) is 9.00. The van der Waals surface area contributed by atoms with Crippen LogP contribution in [0.25, 0.3) is 0 Å². The minimum atomic E-state index is -4.65. The Morgan fingerprint density at radius 2 is 1.68 bits per heavy atom. The summed E-state index contributed by atoms with van der Waals surface area (Å²) in [6.07, 6.45) is -3.80. The maximum absolute atomic E-state index is 13.2. The molecule has 2 rings (SSSR count). The number of carbonyl (C=O) groups is 1. The Morgan fingerprint density at radius 1 is 1.06 bits per heavy atom. The standard InChI is InChI=1S/C24H31F3N2O4S/c1-14(2)20-13-21(15(3)11-22(20)33-6)16(4)28-23(30)17(5)29(34(7,31)32)19-10-8-9-18(12-19)24(25,26)27/h8-14,16-17H,1-7H3,(H,28,30)/t16-,17-/m1/s1. The van der Waals surface area contributed by atoms with E-state index in [-0.39, 0.29) is 11.6 Å². The van der Waals surface area contributed by atoms with Crippen molar-refractivity contribution in [2.75, 3.05) is 17.7 Å². The number of ether oxygens (including phenoxy) is 1. The van der Waals surface area contributed by atoms with Crippen LogP contribution in [0.4, 0.5) is 18.9 Å². The number of sulfonamides is 1. The van der Waals surface area contributed by atoms with Crippen LogP contribution in [-0.2, 0) is 21.0 Å². The zero-order valence-corrected chi connectivity index (χ0v) is 21.1. The van der Waals surface area contributed by atoms with Gasteiger partial charge in [-0.2, -0.15) is 13.2 Å². The number of nitrogens with zero attached hydrogens (tertiary/aromatic N) is 1. The number of hydrogen-bond acceptors (Lipinski definition) is 4. The highest BCUT2D eigenvalue weighted by atomic mass is 32.2. The number of benzene rings is 2. The van der Waals surface area contributed by atoms with Crippen LogP contribution in [0.5, 0.6) is 5.75 Å². The van der Waals surface area contributed by atoms with E-state index >= 15 is 0 Å². The summed E-state index contributed by atoms with van der Waals surface area (Å²) in [6, 6.07) is 5.94. The maximum atomic E-state index is 13.2. The molecule has 0 aromatic heterocycles. The SMILES string of the molecule is COc1cc(C)c([C@@H](C)NC(=O)[C@@H](C)N(c2cccc(C(F)(F)F)c2)S(C)(=O)=O)cc1C(C)C. The third kappa shape index (κ3) is 6.22. The number of amides is 1. The third-order valence-electron chi connectivity index (χ3n) is 5.58. The lowest BCUT2D eigenvalue weighted by atomic mass is 9.93. The highest BCUT2D eigenvalue weighted by molar-refractivity contribution is 7.92. The number of aryl methyl sites for hydroxylation is 1. The Labute approximate surface area is 199 Å². The van der Waals surface area contributed by atoms with Crippen LogP contribution in [0.3, 0.4) is 0 Å². The van der Waals surface area contributed by atoms with Crippen LogP contribution in [0.15, 0.2) is 36.4 Å². The molecule has 188 valence electrons. The second kappa shape index (κ2) is 10.2. The number of anilines is 1. The third-order valence-corrected chi connectivity index (χ3v) is 6.82. The van der Waals surface area contributed by atoms with Gasteiger partial charge in [-0.3, -0.25) is 9.10 Å². The average molecular weight is 501 g/mol. The minimum absolute atomic E-state index is 0.165. The predicted octanol–water partition coefficient (Wildman–Crippen LogP) is 5.18. The van der Waals surface area contributed by atoms with E-state index in [1.165, 1.54) is 13.0 Å². The molecule has 0 saturated carbocycles. The Bertz CT molecular complexity index is 1150. The molecule has 0 heterocycles. The van der Waals surface area contributed by atoms with E-state index < -0.39 is 39.8 Å². The van der Waals surface area contributed by atoms with Crippen LogP contribution in [0, 0.1) is 6.92 Å². The summed E-state index contributed by atoms with van der Waals surface area (Å²) < 4.78 is 70.6. The molecule has 0 bridgehead atoms. The summed E-state index contributed by atoms with van der Waals surface area (Å²) in [7, 11) is -2.49. The van der Waals surface area contributed by atoms with Crippen molar-refractivity contribution in [1.82, 2.24) is 5.32 Å². The summed E-state index contributed by atoms with van der Waals surface area (Å²) in [5, 5.41) is 2.80. The first-order chi connectivity index (χ1) is 15.6. The number of halogens is 3. The van der Waals surface area contributed by atoms with Crippen LogP contribution < -0.4 is 14.4 Å². The highest BCUT2D eigenvalue weighted by Gasteiger charge is 2.34. The summed E-state index contributed by atoms with van der Waals surface area (Å²) in [5.74, 6) is 0.255. The molecular formula is C24H31F3N2O4S. The van der Waals surface area contributed by atoms with Gasteiger partial charge in [0.2, 0.25) is 15.9 Å². The van der Waals surface area contributed by atoms with Gasteiger partial charge in [0.05, 0.1) is 30.7 Å². The van der Waals surface area contributed by atoms with E-state index in [9.17, 15) is 26.4 Å². The van der Waals surface area contributed by atoms with Crippen molar-refractivity contribution in [3.63, 3.8) is 0 Å². The fourth-order valence-electron chi connectivity index (χ4n) is 3.85. The number of nitrogens with one attached hydrogen (secondary N) is 1. The smallest absolute Gasteiger partial charge is 0.416 e. The molecule has 1 amide bonds. The predicted molar refractivity (Wildman–Crippen MR) is 127 cm³/mol. The molecule has 0 aliphatic heterocycles. The van der Waals surface area contributed by atoms with Gasteiger partial charge in [-0.1, -0.05) is 19.9 Å². The molecular weight excluding hydrogens is 469 g/mol. The molecule has 10 heteroatoms. The van der Waals surface area contributed by atoms with Gasteiger partial charge in [0.1, 0.15) is 11.8 Å². The molecule has 0 unspecified atom stereocenters. The van der Waals surface area contributed by atoms with Gasteiger partial charge >= 0.3 is 6.18 Å². The molecule has 2 aromatic carbocycles. The Balaban J connectivity index is 2.38. The fraction of sp³-hybridized carbons (Fsp3) is 0.458. The normalized spacial score (nSPS) is 14.0. The van der Waals surface area contributed by atoms with Crippen molar-refractivity contribution < 1.29 is 31.1 Å². The molecule has 6 nitrogen and oxygen atoms in total. The number of methoxy groups -OCH3 is 1. The van der Waals surface area contributed by atoms with Crippen molar-refractivity contribution in [2.24, 2.45) is 0 Å². The Morgan fingerprint density at radius 3 is 2.18 bits per heavy atom. The first kappa shape index (κ1) is 27.5. The summed E-state index contributed by atoms with van der Waals surface area (Å²) in [5.41, 5.74) is 1.42. The Kier molecular flexibility index (Phi) is 8.29. The van der Waals surface area contributed by atoms with E-state index in [4.69, 9.17) is 4.74 Å². The van der Waals surface area contributed by atoms with Crippen molar-refractivity contribution in [1.29, 1.82) is 0 Å². The van der Waals surface area contributed by atoms with Crippen LogP contribution >= 0.6 is 0 Å². The van der Waals surface area contributed by atoms with Gasteiger partial charge in [-0.15, -0.1) is 0 Å². The van der Waals surface area contributed by atoms with E-state index in [1.54, 1.807) is 14.0 Å². The molecule has 1 N–H and O–H groups in total. The molecule has 0 spiro atoms. The van der Waals surface area contributed by atoms with E-state index in [0.29, 0.717) is 4.31 Å². The highest BCUT2D eigenvalue weighted by Crippen LogP contribution is 2.34. The van der Waals surface area contributed by atoms with Crippen LogP contribution in [0.2, 0.25) is 0 Å². The van der Waals surface area contributed by atoms with Crippen molar-refractivity contribution in [2.45, 2.75) is 58.8 Å². The molecule has 2 aromatic rings. The lowest BCUT2D eigenvalue weighted by Gasteiger charge is -2.30.